The molecule has 4 aromatic carbocycles. The summed E-state index contributed by atoms with van der Waals surface area (Å²) in [7, 11) is 0. The Balaban J connectivity index is 1.17. The quantitative estimate of drug-likeness (QED) is 0.0831. The number of ether oxygens (including phenoxy) is 2. The summed E-state index contributed by atoms with van der Waals surface area (Å²) in [6.45, 7) is -0.0148. The lowest BCUT2D eigenvalue weighted by Crippen LogP contribution is -2.45. The van der Waals surface area contributed by atoms with Crippen molar-refractivity contribution in [3.05, 3.63) is 138 Å². The van der Waals surface area contributed by atoms with Crippen LogP contribution < -0.4 is 9.46 Å². The summed E-state index contributed by atoms with van der Waals surface area (Å²) in [6, 6.07) is 29.4. The summed E-state index contributed by atoms with van der Waals surface area (Å²) >= 11 is 2.39. The minimum Gasteiger partial charge on any atom is -0.455 e. The number of carbonyl (C=O) groups excluding carboxylic acids is 2. The molecule has 0 radical (unpaired) electrons. The molecule has 0 unspecified atom stereocenters. The van der Waals surface area contributed by atoms with Gasteiger partial charge in [-0.3, -0.25) is 9.78 Å². The number of nitriles is 1. The standard InChI is InChI=1S/C45H37F6N7O4S2/c46-44(47,48)35-8-4-7-31(21-35)32-9-11-40(62-39-12-10-37(23-34(39)25-52)63-56-42-54-28-55-64-42)38(24-32)33-13-17-53-36(22-33)26-58(43(60)61-27-30-5-2-1-3-6-30)20-16-29-14-18-57(19-15-29)41(59)45(49,50)51/h1-13,17,21-24,28-29H,14-16,18-20,26-27H2,(H,54,55,56). The molecule has 3 heterocycles. The van der Waals surface area contributed by atoms with Crippen LogP contribution in [0, 0.1) is 17.2 Å². The Morgan fingerprint density at radius 2 is 1.64 bits per heavy atom. The van der Waals surface area contributed by atoms with Gasteiger partial charge >= 0.3 is 24.4 Å². The Kier molecular flexibility index (Phi) is 14.4. The molecule has 1 N–H and O–H groups in total. The van der Waals surface area contributed by atoms with Crippen LogP contribution in [0.3, 0.4) is 0 Å². The van der Waals surface area contributed by atoms with Crippen LogP contribution in [0.2, 0.25) is 0 Å². The average Bonchev–Trinajstić information content (AvgIpc) is 3.83. The second-order valence-electron chi connectivity index (χ2n) is 14.6. The fourth-order valence-corrected chi connectivity index (χ4v) is 8.14. The van der Waals surface area contributed by atoms with Crippen molar-refractivity contribution >= 4 is 40.6 Å². The maximum absolute atomic E-state index is 13.8. The number of anilines is 1. The third kappa shape index (κ3) is 11.9. The van der Waals surface area contributed by atoms with Gasteiger partial charge in [-0.1, -0.05) is 48.5 Å². The van der Waals surface area contributed by atoms with Gasteiger partial charge in [0.15, 0.2) is 0 Å². The van der Waals surface area contributed by atoms with E-state index in [-0.39, 0.29) is 55.8 Å². The minimum absolute atomic E-state index is 0.0190. The van der Waals surface area contributed by atoms with Crippen LogP contribution in [-0.4, -0.2) is 62.0 Å². The molecule has 0 atom stereocenters. The molecular weight excluding hydrogens is 881 g/mol. The van der Waals surface area contributed by atoms with Gasteiger partial charge in [0.25, 0.3) is 0 Å². The van der Waals surface area contributed by atoms with E-state index in [1.807, 2.05) is 18.2 Å². The summed E-state index contributed by atoms with van der Waals surface area (Å²) in [6.07, 6.45) is -6.19. The molecule has 0 saturated carbocycles. The number of carbonyl (C=O) groups is 2. The number of aromatic nitrogens is 3. The predicted octanol–water partition coefficient (Wildman–Crippen LogP) is 11.4. The number of benzene rings is 4. The molecule has 2 amide bonds. The summed E-state index contributed by atoms with van der Waals surface area (Å²) < 4.78 is 99.7. The van der Waals surface area contributed by atoms with Crippen molar-refractivity contribution in [2.75, 3.05) is 24.4 Å². The number of likely N-dealkylation sites (tertiary alicyclic amines) is 1. The van der Waals surface area contributed by atoms with Gasteiger partial charge in [0.1, 0.15) is 30.5 Å². The van der Waals surface area contributed by atoms with E-state index in [9.17, 15) is 41.2 Å². The van der Waals surface area contributed by atoms with Crippen molar-refractivity contribution in [3.63, 3.8) is 0 Å². The van der Waals surface area contributed by atoms with Gasteiger partial charge in [0.05, 0.1) is 23.4 Å². The molecule has 1 saturated heterocycles. The first-order valence-electron chi connectivity index (χ1n) is 19.7. The third-order valence-electron chi connectivity index (χ3n) is 10.3. The largest absolute Gasteiger partial charge is 0.471 e. The smallest absolute Gasteiger partial charge is 0.455 e. The van der Waals surface area contributed by atoms with Crippen LogP contribution >= 0.6 is 23.5 Å². The number of hydrogen-bond donors (Lipinski definition) is 1. The highest BCUT2D eigenvalue weighted by Gasteiger charge is 2.43. The number of hydrogen-bond acceptors (Lipinski definition) is 11. The van der Waals surface area contributed by atoms with E-state index in [1.165, 1.54) is 47.0 Å². The maximum atomic E-state index is 13.8. The molecule has 1 aliphatic rings. The average molecular weight is 918 g/mol. The van der Waals surface area contributed by atoms with Gasteiger partial charge < -0.3 is 24.0 Å². The van der Waals surface area contributed by atoms with Gasteiger partial charge in [-0.2, -0.15) is 36.0 Å². The van der Waals surface area contributed by atoms with Crippen LogP contribution in [0.25, 0.3) is 22.3 Å². The first-order valence-corrected chi connectivity index (χ1v) is 21.3. The van der Waals surface area contributed by atoms with Crippen LogP contribution in [0.4, 0.5) is 36.3 Å². The molecule has 11 nitrogen and oxygen atoms in total. The predicted molar refractivity (Wildman–Crippen MR) is 228 cm³/mol. The van der Waals surface area contributed by atoms with E-state index >= 15 is 0 Å². The van der Waals surface area contributed by atoms with Crippen molar-refractivity contribution in [1.29, 1.82) is 5.26 Å². The number of nitrogens with one attached hydrogen (secondary N) is 1. The summed E-state index contributed by atoms with van der Waals surface area (Å²) in [4.78, 5) is 37.1. The molecule has 19 heteroatoms. The molecule has 2 aromatic heterocycles. The van der Waals surface area contributed by atoms with Crippen molar-refractivity contribution in [2.24, 2.45) is 5.92 Å². The second-order valence-corrected chi connectivity index (χ2v) is 16.3. The van der Waals surface area contributed by atoms with Crippen molar-refractivity contribution < 1.29 is 45.4 Å². The van der Waals surface area contributed by atoms with Gasteiger partial charge in [0, 0.05) is 47.8 Å². The van der Waals surface area contributed by atoms with E-state index in [2.05, 4.69) is 25.1 Å². The summed E-state index contributed by atoms with van der Waals surface area (Å²) in [5, 5.41) is 10.7. The first kappa shape index (κ1) is 45.4. The molecular formula is C45H37F6N7O4S2. The number of pyridine rings is 1. The van der Waals surface area contributed by atoms with E-state index in [4.69, 9.17) is 9.47 Å². The van der Waals surface area contributed by atoms with Crippen LogP contribution in [0.5, 0.6) is 11.5 Å². The Morgan fingerprint density at radius 3 is 2.36 bits per heavy atom. The lowest BCUT2D eigenvalue weighted by molar-refractivity contribution is -0.186. The van der Waals surface area contributed by atoms with Crippen LogP contribution in [-0.2, 0) is 28.9 Å². The number of halogens is 6. The number of amides is 2. The molecule has 6 aromatic rings. The SMILES string of the molecule is N#Cc1cc(SNc2ncns2)ccc1Oc1ccc(-c2cccc(C(F)(F)F)c2)cc1-c1ccnc(CN(CCC2CCN(C(=O)C(F)(F)F)CC2)C(=O)OCc2ccccc2)c1. The zero-order chi connectivity index (χ0) is 45.3. The Morgan fingerprint density at radius 1 is 0.875 bits per heavy atom. The van der Waals surface area contributed by atoms with E-state index in [1.54, 1.807) is 66.7 Å². The molecule has 0 aliphatic carbocycles. The minimum atomic E-state index is -4.96. The third-order valence-corrected chi connectivity index (χ3v) is 11.8. The molecule has 64 heavy (non-hydrogen) atoms. The van der Waals surface area contributed by atoms with E-state index < -0.39 is 29.9 Å². The molecule has 7 rings (SSSR count). The van der Waals surface area contributed by atoms with Crippen molar-refractivity contribution in [1.82, 2.24) is 24.1 Å². The lowest BCUT2D eigenvalue weighted by Gasteiger charge is -2.33. The second kappa shape index (κ2) is 20.2. The highest BCUT2D eigenvalue weighted by molar-refractivity contribution is 8.00. The Bertz CT molecular complexity index is 2600. The zero-order valence-electron chi connectivity index (χ0n) is 33.6. The van der Waals surface area contributed by atoms with Crippen LogP contribution in [0.15, 0.2) is 121 Å². The number of rotatable bonds is 14. The van der Waals surface area contributed by atoms with Crippen molar-refractivity contribution in [3.8, 4) is 39.8 Å². The van der Waals surface area contributed by atoms with E-state index in [0.29, 0.717) is 57.2 Å². The fourth-order valence-electron chi connectivity index (χ4n) is 7.00. The van der Waals surface area contributed by atoms with Gasteiger partial charge in [0.2, 0.25) is 5.13 Å². The Hall–Kier alpha value is -6.65. The number of piperidine rings is 1. The number of alkyl halides is 6. The van der Waals surface area contributed by atoms with Gasteiger partial charge in [-0.25, -0.2) is 9.78 Å². The Labute approximate surface area is 372 Å². The first-order chi connectivity index (χ1) is 30.7. The topological polar surface area (TPSA) is 134 Å². The molecule has 0 spiro atoms. The van der Waals surface area contributed by atoms with Gasteiger partial charge in [-0.15, -0.1) is 0 Å². The van der Waals surface area contributed by atoms with Crippen molar-refractivity contribution in [2.45, 2.75) is 49.7 Å². The molecule has 1 fully saturated rings. The maximum Gasteiger partial charge on any atom is 0.471 e. The zero-order valence-corrected chi connectivity index (χ0v) is 35.2. The number of nitrogens with zero attached hydrogens (tertiary/aromatic N) is 6. The fraction of sp³-hybridized carbons (Fsp3) is 0.244. The normalized spacial score (nSPS) is 13.2. The summed E-state index contributed by atoms with van der Waals surface area (Å²) in [5.74, 6) is -1.46. The van der Waals surface area contributed by atoms with Gasteiger partial charge in [-0.05, 0) is 114 Å². The molecule has 330 valence electrons. The van der Waals surface area contributed by atoms with Crippen LogP contribution in [0.1, 0.15) is 41.6 Å². The highest BCUT2D eigenvalue weighted by Crippen LogP contribution is 2.40. The lowest BCUT2D eigenvalue weighted by atomic mass is 9.93. The highest BCUT2D eigenvalue weighted by atomic mass is 32.2. The monoisotopic (exact) mass is 917 g/mol. The summed E-state index contributed by atoms with van der Waals surface area (Å²) in [5.41, 5.74) is 2.25. The molecule has 0 bridgehead atoms. The molecule has 1 aliphatic heterocycles. The van der Waals surface area contributed by atoms with E-state index in [0.717, 1.165) is 22.6 Å².